The van der Waals surface area contributed by atoms with Gasteiger partial charge in [0.1, 0.15) is 0 Å². The SMILES string of the molecule is Cl.O=C1c2ccccc2C(=O)N1Cc1noc(C2CCCN2)n1. The normalized spacial score (nSPS) is 19.8. The van der Waals surface area contributed by atoms with Crippen LogP contribution >= 0.6 is 12.4 Å². The van der Waals surface area contributed by atoms with Gasteiger partial charge in [-0.3, -0.25) is 14.5 Å². The lowest BCUT2D eigenvalue weighted by Crippen LogP contribution is -2.29. The van der Waals surface area contributed by atoms with Crippen LogP contribution in [0.5, 0.6) is 0 Å². The summed E-state index contributed by atoms with van der Waals surface area (Å²) >= 11 is 0. The second kappa shape index (κ2) is 6.10. The van der Waals surface area contributed by atoms with Crippen molar-refractivity contribution in [2.75, 3.05) is 6.54 Å². The predicted molar refractivity (Wildman–Crippen MR) is 82.2 cm³/mol. The van der Waals surface area contributed by atoms with Crippen molar-refractivity contribution in [2.24, 2.45) is 0 Å². The Kier molecular flexibility index (Phi) is 4.14. The summed E-state index contributed by atoms with van der Waals surface area (Å²) in [6, 6.07) is 6.86. The van der Waals surface area contributed by atoms with Crippen LogP contribution < -0.4 is 5.32 Å². The summed E-state index contributed by atoms with van der Waals surface area (Å²) in [6.07, 6.45) is 2.02. The van der Waals surface area contributed by atoms with Crippen LogP contribution in [0.4, 0.5) is 0 Å². The molecular formula is C15H15ClN4O3. The average molecular weight is 335 g/mol. The number of aromatic nitrogens is 2. The van der Waals surface area contributed by atoms with Crippen molar-refractivity contribution in [3.8, 4) is 0 Å². The van der Waals surface area contributed by atoms with Gasteiger partial charge in [-0.15, -0.1) is 12.4 Å². The van der Waals surface area contributed by atoms with E-state index >= 15 is 0 Å². The smallest absolute Gasteiger partial charge is 0.261 e. The lowest BCUT2D eigenvalue weighted by atomic mass is 10.1. The lowest BCUT2D eigenvalue weighted by molar-refractivity contribution is 0.0637. The number of carbonyl (C=O) groups is 2. The maximum absolute atomic E-state index is 12.3. The summed E-state index contributed by atoms with van der Waals surface area (Å²) in [5.41, 5.74) is 0.849. The number of benzene rings is 1. The topological polar surface area (TPSA) is 88.3 Å². The molecule has 0 radical (unpaired) electrons. The summed E-state index contributed by atoms with van der Waals surface area (Å²) in [4.78, 5) is 30.0. The molecule has 3 heterocycles. The number of hydrogen-bond donors (Lipinski definition) is 1. The molecule has 8 heteroatoms. The molecule has 1 fully saturated rings. The quantitative estimate of drug-likeness (QED) is 0.860. The number of nitrogens with zero attached hydrogens (tertiary/aromatic N) is 3. The molecule has 2 aliphatic heterocycles. The maximum atomic E-state index is 12.3. The highest BCUT2D eigenvalue weighted by atomic mass is 35.5. The van der Waals surface area contributed by atoms with Crippen molar-refractivity contribution in [2.45, 2.75) is 25.4 Å². The predicted octanol–water partition coefficient (Wildman–Crippen LogP) is 1.71. The fraction of sp³-hybridized carbons (Fsp3) is 0.333. The first-order chi connectivity index (χ1) is 10.7. The van der Waals surface area contributed by atoms with Crippen LogP contribution in [0.15, 0.2) is 28.8 Å². The molecule has 1 unspecified atom stereocenters. The Morgan fingerprint density at radius 2 is 1.91 bits per heavy atom. The molecule has 120 valence electrons. The van der Waals surface area contributed by atoms with Gasteiger partial charge in [-0.2, -0.15) is 4.98 Å². The number of fused-ring (bicyclic) bond motifs is 1. The third-order valence-electron chi connectivity index (χ3n) is 4.02. The molecule has 1 saturated heterocycles. The van der Waals surface area contributed by atoms with Crippen molar-refractivity contribution in [3.63, 3.8) is 0 Å². The van der Waals surface area contributed by atoms with Gasteiger partial charge >= 0.3 is 0 Å². The molecule has 2 aromatic rings. The van der Waals surface area contributed by atoms with Crippen LogP contribution in [-0.2, 0) is 6.54 Å². The van der Waals surface area contributed by atoms with E-state index in [4.69, 9.17) is 4.52 Å². The van der Waals surface area contributed by atoms with E-state index in [1.165, 1.54) is 0 Å². The molecule has 0 spiro atoms. The molecule has 0 aliphatic carbocycles. The van der Waals surface area contributed by atoms with Crippen LogP contribution in [0.2, 0.25) is 0 Å². The Bertz CT molecular complexity index is 720. The molecule has 2 aliphatic rings. The summed E-state index contributed by atoms with van der Waals surface area (Å²) in [5, 5.41) is 7.15. The Labute approximate surface area is 138 Å². The Balaban J connectivity index is 0.00000156. The zero-order valence-corrected chi connectivity index (χ0v) is 13.0. The molecule has 7 nitrogen and oxygen atoms in total. The van der Waals surface area contributed by atoms with E-state index in [-0.39, 0.29) is 36.8 Å². The second-order valence-electron chi connectivity index (χ2n) is 5.44. The van der Waals surface area contributed by atoms with E-state index in [1.54, 1.807) is 24.3 Å². The van der Waals surface area contributed by atoms with Crippen LogP contribution in [0, 0.1) is 0 Å². The maximum Gasteiger partial charge on any atom is 0.261 e. The average Bonchev–Trinajstić information content (AvgIpc) is 3.25. The van der Waals surface area contributed by atoms with E-state index in [2.05, 4.69) is 15.5 Å². The Hall–Kier alpha value is -2.25. The van der Waals surface area contributed by atoms with Gasteiger partial charge in [0.15, 0.2) is 5.82 Å². The number of rotatable bonds is 3. The first-order valence-electron chi connectivity index (χ1n) is 7.25. The zero-order valence-electron chi connectivity index (χ0n) is 12.2. The van der Waals surface area contributed by atoms with Gasteiger partial charge in [0.05, 0.1) is 23.7 Å². The summed E-state index contributed by atoms with van der Waals surface area (Å²) in [5.74, 6) is 0.235. The molecule has 23 heavy (non-hydrogen) atoms. The van der Waals surface area contributed by atoms with Crippen LogP contribution in [0.25, 0.3) is 0 Å². The fourth-order valence-corrected chi connectivity index (χ4v) is 2.89. The highest BCUT2D eigenvalue weighted by molar-refractivity contribution is 6.21. The second-order valence-corrected chi connectivity index (χ2v) is 5.44. The summed E-state index contributed by atoms with van der Waals surface area (Å²) < 4.78 is 5.23. The number of hydrogen-bond acceptors (Lipinski definition) is 6. The highest BCUT2D eigenvalue weighted by Gasteiger charge is 2.36. The molecule has 1 N–H and O–H groups in total. The van der Waals surface area contributed by atoms with E-state index < -0.39 is 0 Å². The molecule has 0 saturated carbocycles. The zero-order chi connectivity index (χ0) is 15.1. The van der Waals surface area contributed by atoms with Gasteiger partial charge in [0.2, 0.25) is 5.89 Å². The number of amides is 2. The Morgan fingerprint density at radius 3 is 2.52 bits per heavy atom. The molecule has 4 rings (SSSR count). The van der Waals surface area contributed by atoms with Crippen molar-refractivity contribution >= 4 is 24.2 Å². The fourth-order valence-electron chi connectivity index (χ4n) is 2.89. The van der Waals surface area contributed by atoms with Gasteiger partial charge in [-0.25, -0.2) is 0 Å². The van der Waals surface area contributed by atoms with Crippen LogP contribution in [0.1, 0.15) is 51.3 Å². The van der Waals surface area contributed by atoms with Crippen molar-refractivity contribution in [1.29, 1.82) is 0 Å². The van der Waals surface area contributed by atoms with Crippen LogP contribution in [-0.4, -0.2) is 33.4 Å². The molecule has 0 bridgehead atoms. The van der Waals surface area contributed by atoms with Crippen molar-refractivity contribution in [1.82, 2.24) is 20.4 Å². The molecular weight excluding hydrogens is 320 g/mol. The molecule has 1 atom stereocenters. The highest BCUT2D eigenvalue weighted by Crippen LogP contribution is 2.25. The van der Waals surface area contributed by atoms with Crippen molar-refractivity contribution < 1.29 is 14.1 Å². The largest absolute Gasteiger partial charge is 0.338 e. The monoisotopic (exact) mass is 334 g/mol. The number of carbonyl (C=O) groups excluding carboxylic acids is 2. The van der Waals surface area contributed by atoms with Gasteiger partial charge in [0.25, 0.3) is 11.8 Å². The number of imide groups is 1. The Morgan fingerprint density at radius 1 is 1.22 bits per heavy atom. The first kappa shape index (κ1) is 15.6. The van der Waals surface area contributed by atoms with Crippen LogP contribution in [0.3, 0.4) is 0 Å². The van der Waals surface area contributed by atoms with Gasteiger partial charge < -0.3 is 9.84 Å². The van der Waals surface area contributed by atoms with E-state index in [9.17, 15) is 9.59 Å². The van der Waals surface area contributed by atoms with E-state index in [0.717, 1.165) is 24.3 Å². The minimum Gasteiger partial charge on any atom is -0.338 e. The minimum absolute atomic E-state index is 0. The molecule has 1 aromatic heterocycles. The van der Waals surface area contributed by atoms with Crippen molar-refractivity contribution in [3.05, 3.63) is 47.1 Å². The number of nitrogens with one attached hydrogen (secondary N) is 1. The first-order valence-corrected chi connectivity index (χ1v) is 7.25. The van der Waals surface area contributed by atoms with Gasteiger partial charge in [-0.1, -0.05) is 17.3 Å². The lowest BCUT2D eigenvalue weighted by Gasteiger charge is -2.10. The van der Waals surface area contributed by atoms with Gasteiger partial charge in [-0.05, 0) is 31.5 Å². The summed E-state index contributed by atoms with van der Waals surface area (Å²) in [7, 11) is 0. The summed E-state index contributed by atoms with van der Waals surface area (Å²) in [6.45, 7) is 0.962. The number of halogens is 1. The standard InChI is InChI=1S/C15H14N4O3.ClH/c20-14-9-4-1-2-5-10(9)15(21)19(14)8-12-17-13(22-18-12)11-6-3-7-16-11;/h1-2,4-5,11,16H,3,6-8H2;1H. The van der Waals surface area contributed by atoms with Gasteiger partial charge in [0, 0.05) is 0 Å². The molecule has 2 amide bonds. The third-order valence-corrected chi connectivity index (χ3v) is 4.02. The third kappa shape index (κ3) is 2.62. The van der Waals surface area contributed by atoms with E-state index in [1.807, 2.05) is 0 Å². The van der Waals surface area contributed by atoms with E-state index in [0.29, 0.717) is 22.8 Å². The molecule has 1 aromatic carbocycles. The minimum atomic E-state index is -0.314.